The van der Waals surface area contributed by atoms with Crippen LogP contribution in [-0.2, 0) is 6.18 Å². The minimum absolute atomic E-state index is 0.0142. The highest BCUT2D eigenvalue weighted by molar-refractivity contribution is 5.97. The lowest BCUT2D eigenvalue weighted by atomic mass is 9.94. The molecule has 2 fully saturated rings. The lowest BCUT2D eigenvalue weighted by Gasteiger charge is -2.21. The third-order valence-corrected chi connectivity index (χ3v) is 7.98. The van der Waals surface area contributed by atoms with Crippen LogP contribution in [-0.4, -0.2) is 78.5 Å². The number of nitrogen functional groups attached to an aromatic ring is 1. The van der Waals surface area contributed by atoms with Crippen LogP contribution in [0.1, 0.15) is 78.4 Å². The van der Waals surface area contributed by atoms with Crippen molar-refractivity contribution in [2.75, 3.05) is 51.4 Å². The van der Waals surface area contributed by atoms with Crippen LogP contribution in [0.25, 0.3) is 22.2 Å². The lowest BCUT2D eigenvalue weighted by Crippen LogP contribution is -2.22. The molecule has 284 valence electrons. The second-order valence-corrected chi connectivity index (χ2v) is 11.1. The topological polar surface area (TPSA) is 134 Å². The van der Waals surface area contributed by atoms with Crippen molar-refractivity contribution in [1.82, 2.24) is 25.2 Å². The molecule has 10 nitrogen and oxygen atoms in total. The number of nitrogens with two attached hydrogens (primary N) is 1. The zero-order valence-electron chi connectivity index (χ0n) is 30.2. The summed E-state index contributed by atoms with van der Waals surface area (Å²) in [5.74, 6) is -6.44. The first-order chi connectivity index (χ1) is 24.3. The molecule has 3 atom stereocenters. The summed E-state index contributed by atoms with van der Waals surface area (Å²) in [6.07, 6.45) is -2.93. The number of hydrogen-bond acceptors (Lipinski definition) is 10. The standard InChI is InChI=1S/C23H23F6N7O2.C7H12FN.2C2H6/c1-5-9(2)38-21-12-19(35-22(37-4)36-20(12)33-7-6-32-3)16(26)18(34-21)11-10(8-30)17(31)15(25)14(24)13(11)23(27,28)29;8-6-4-7-2-1-3-9(7)5-6;2*1-2/h9,32H,5-7,31H2,1-4H3,(H,33,35,36);6-7H,1-5H2;2*1-2H3. The van der Waals surface area contributed by atoms with Crippen molar-refractivity contribution in [3.63, 3.8) is 0 Å². The smallest absolute Gasteiger partial charge is 0.420 e. The highest BCUT2D eigenvalue weighted by Crippen LogP contribution is 2.46. The number of methoxy groups -OCH3 is 1. The van der Waals surface area contributed by atoms with E-state index in [1.165, 1.54) is 26.0 Å². The van der Waals surface area contributed by atoms with Crippen LogP contribution >= 0.6 is 0 Å². The van der Waals surface area contributed by atoms with E-state index in [2.05, 4.69) is 30.5 Å². The summed E-state index contributed by atoms with van der Waals surface area (Å²) < 4.78 is 110. The zero-order valence-corrected chi connectivity index (χ0v) is 30.2. The van der Waals surface area contributed by atoms with Gasteiger partial charge in [-0.2, -0.15) is 28.4 Å². The lowest BCUT2D eigenvalue weighted by molar-refractivity contribution is -0.139. The Bertz CT molecular complexity index is 1640. The van der Waals surface area contributed by atoms with Gasteiger partial charge >= 0.3 is 12.2 Å². The molecule has 2 aliphatic rings. The molecule has 0 bridgehead atoms. The van der Waals surface area contributed by atoms with Crippen molar-refractivity contribution in [1.29, 1.82) is 5.26 Å². The van der Waals surface area contributed by atoms with E-state index < -0.39 is 75.4 Å². The fraction of sp³-hybridized carbons (Fsp3) is 0.588. The zero-order chi connectivity index (χ0) is 38.6. The van der Waals surface area contributed by atoms with E-state index in [0.717, 1.165) is 13.0 Å². The first kappa shape index (κ1) is 43.0. The normalized spacial score (nSPS) is 17.1. The fourth-order valence-electron chi connectivity index (χ4n) is 5.52. The van der Waals surface area contributed by atoms with Crippen molar-refractivity contribution >= 4 is 22.4 Å². The monoisotopic (exact) mass is 732 g/mol. The van der Waals surface area contributed by atoms with Gasteiger partial charge in [-0.15, -0.1) is 0 Å². The van der Waals surface area contributed by atoms with E-state index >= 15 is 4.39 Å². The molecule has 0 aliphatic carbocycles. The van der Waals surface area contributed by atoms with Crippen LogP contribution in [0.5, 0.6) is 11.9 Å². The highest BCUT2D eigenvalue weighted by atomic mass is 19.4. The minimum Gasteiger partial charge on any atom is -0.474 e. The Balaban J connectivity index is 0.000000582. The second-order valence-electron chi connectivity index (χ2n) is 11.1. The van der Waals surface area contributed by atoms with E-state index in [1.807, 2.05) is 27.7 Å². The van der Waals surface area contributed by atoms with Crippen LogP contribution in [0.3, 0.4) is 0 Å². The Morgan fingerprint density at radius 3 is 2.27 bits per heavy atom. The van der Waals surface area contributed by atoms with Gasteiger partial charge in [0, 0.05) is 31.2 Å². The van der Waals surface area contributed by atoms with Crippen LogP contribution in [0.4, 0.5) is 42.2 Å². The van der Waals surface area contributed by atoms with E-state index in [9.17, 15) is 31.6 Å². The maximum absolute atomic E-state index is 16.0. The third kappa shape index (κ3) is 9.79. The Morgan fingerprint density at radius 2 is 1.73 bits per heavy atom. The molecule has 1 aromatic carbocycles. The molecule has 2 aromatic heterocycles. The summed E-state index contributed by atoms with van der Waals surface area (Å²) in [5.41, 5.74) is -2.40. The number of likely N-dealkylation sites (N-methyl/N-ethyl adjacent to an activating group) is 1. The van der Waals surface area contributed by atoms with Gasteiger partial charge in [0.1, 0.15) is 40.2 Å². The summed E-state index contributed by atoms with van der Waals surface area (Å²) in [7, 11) is 2.87. The maximum Gasteiger partial charge on any atom is 0.420 e. The van der Waals surface area contributed by atoms with E-state index in [4.69, 9.17) is 15.2 Å². The second kappa shape index (κ2) is 19.4. The van der Waals surface area contributed by atoms with Gasteiger partial charge in [0.05, 0.1) is 24.5 Å². The number of ether oxygens (including phenoxy) is 2. The van der Waals surface area contributed by atoms with Gasteiger partial charge in [-0.05, 0) is 46.2 Å². The molecule has 5 rings (SSSR count). The van der Waals surface area contributed by atoms with Crippen molar-refractivity contribution < 1.29 is 40.2 Å². The van der Waals surface area contributed by atoms with Gasteiger partial charge < -0.3 is 25.8 Å². The van der Waals surface area contributed by atoms with Gasteiger partial charge in [-0.1, -0.05) is 34.6 Å². The Kier molecular flexibility index (Phi) is 16.4. The molecule has 4 N–H and O–H groups in total. The predicted molar refractivity (Wildman–Crippen MR) is 183 cm³/mol. The van der Waals surface area contributed by atoms with Gasteiger partial charge in [0.15, 0.2) is 17.5 Å². The van der Waals surface area contributed by atoms with E-state index in [-0.39, 0.29) is 23.8 Å². The van der Waals surface area contributed by atoms with Crippen LogP contribution in [0.2, 0.25) is 0 Å². The number of nitrogens with zero attached hydrogens (tertiary/aromatic N) is 5. The van der Waals surface area contributed by atoms with Crippen molar-refractivity contribution in [3.8, 4) is 29.2 Å². The largest absolute Gasteiger partial charge is 0.474 e. The molecule has 0 saturated carbocycles. The van der Waals surface area contributed by atoms with Crippen molar-refractivity contribution in [3.05, 3.63) is 28.6 Å². The van der Waals surface area contributed by atoms with Gasteiger partial charge in [-0.3, -0.25) is 4.90 Å². The van der Waals surface area contributed by atoms with E-state index in [1.54, 1.807) is 20.9 Å². The van der Waals surface area contributed by atoms with Crippen LogP contribution in [0, 0.1) is 28.8 Å². The molecule has 17 heteroatoms. The number of nitriles is 1. The number of hydrogen-bond donors (Lipinski definition) is 3. The molecule has 2 saturated heterocycles. The molecule has 0 radical (unpaired) electrons. The quantitative estimate of drug-likeness (QED) is 0.115. The van der Waals surface area contributed by atoms with Crippen LogP contribution in [0.15, 0.2) is 0 Å². The third-order valence-electron chi connectivity index (χ3n) is 7.98. The van der Waals surface area contributed by atoms with Crippen LogP contribution < -0.4 is 25.8 Å². The summed E-state index contributed by atoms with van der Waals surface area (Å²) in [5, 5.41) is 15.2. The number of nitrogens with one attached hydrogen (secondary N) is 2. The fourth-order valence-corrected chi connectivity index (χ4v) is 5.52. The van der Waals surface area contributed by atoms with Crippen molar-refractivity contribution in [2.24, 2.45) is 0 Å². The number of pyridine rings is 1. The Morgan fingerprint density at radius 1 is 1.06 bits per heavy atom. The average molecular weight is 733 g/mol. The Labute approximate surface area is 293 Å². The number of anilines is 2. The van der Waals surface area contributed by atoms with Gasteiger partial charge in [0.25, 0.3) is 0 Å². The summed E-state index contributed by atoms with van der Waals surface area (Å²) >= 11 is 0. The van der Waals surface area contributed by atoms with Gasteiger partial charge in [-0.25, -0.2) is 22.5 Å². The summed E-state index contributed by atoms with van der Waals surface area (Å²) in [6.45, 7) is 13.9. The first-order valence-corrected chi connectivity index (χ1v) is 16.9. The molecule has 0 spiro atoms. The SMILES string of the molecule is CC.CC.CCC(C)Oc1nc(-c2c(C#N)c(N)c(F)c(F)c2C(F)(F)F)c(F)c2nc(OC)nc(NCCNC)c12.FC1CC2CCCN2C1. The minimum atomic E-state index is -5.57. The number of aromatic nitrogens is 3. The predicted octanol–water partition coefficient (Wildman–Crippen LogP) is 7.64. The number of alkyl halides is 4. The summed E-state index contributed by atoms with van der Waals surface area (Å²) in [6, 6.07) is 1.55. The summed E-state index contributed by atoms with van der Waals surface area (Å²) in [4.78, 5) is 14.3. The molecular formula is C34H47F7N8O2. The molecule has 3 unspecified atom stereocenters. The first-order valence-electron chi connectivity index (χ1n) is 16.9. The number of rotatable bonds is 9. The molecule has 51 heavy (non-hydrogen) atoms. The molecule has 3 aromatic rings. The average Bonchev–Trinajstić information content (AvgIpc) is 3.70. The van der Waals surface area contributed by atoms with Crippen molar-refractivity contribution in [2.45, 2.75) is 91.7 Å². The number of halogens is 7. The maximum atomic E-state index is 16.0. The molecule has 4 heterocycles. The number of benzene rings is 1. The molecule has 2 aliphatic heterocycles. The van der Waals surface area contributed by atoms with E-state index in [0.29, 0.717) is 25.6 Å². The van der Waals surface area contributed by atoms with Gasteiger partial charge in [0.2, 0.25) is 5.88 Å². The highest BCUT2D eigenvalue weighted by Gasteiger charge is 2.43. The number of fused-ring (bicyclic) bond motifs is 2. The molecule has 0 amide bonds. The Hall–Kier alpha value is -4.17. The molecular weight excluding hydrogens is 685 g/mol.